The Morgan fingerprint density at radius 2 is 1.78 bits per heavy atom. The number of hydrogen-bond donors (Lipinski definition) is 0. The van der Waals surface area contributed by atoms with Gasteiger partial charge in [-0.3, -0.25) is 4.79 Å². The summed E-state index contributed by atoms with van der Waals surface area (Å²) in [5.41, 5.74) is 3.90. The quantitative estimate of drug-likeness (QED) is 0.795. The molecule has 0 spiro atoms. The molecule has 0 radical (unpaired) electrons. The van der Waals surface area contributed by atoms with Crippen molar-refractivity contribution < 1.29 is 14.3 Å². The topological polar surface area (TPSA) is 35.5 Å². The smallest absolute Gasteiger partial charge is 0.298 e. The van der Waals surface area contributed by atoms with Crippen molar-refractivity contribution in [3.63, 3.8) is 0 Å². The van der Waals surface area contributed by atoms with E-state index in [1.807, 2.05) is 42.5 Å². The molecule has 0 aromatic heterocycles. The molecule has 23 heavy (non-hydrogen) atoms. The van der Waals surface area contributed by atoms with E-state index < -0.39 is 0 Å². The van der Waals surface area contributed by atoms with Crippen LogP contribution in [0.2, 0.25) is 0 Å². The maximum Gasteiger partial charge on any atom is 0.298 e. The minimum atomic E-state index is 0.461. The molecule has 3 heteroatoms. The van der Waals surface area contributed by atoms with Crippen LogP contribution in [-0.2, 0) is 4.79 Å². The summed E-state index contributed by atoms with van der Waals surface area (Å²) in [5.74, 6) is 2.20. The van der Waals surface area contributed by atoms with Crippen molar-refractivity contribution in [1.29, 1.82) is 0 Å². The van der Waals surface area contributed by atoms with E-state index in [2.05, 4.69) is 18.2 Å². The summed E-state index contributed by atoms with van der Waals surface area (Å²) >= 11 is 0. The van der Waals surface area contributed by atoms with Gasteiger partial charge in [-0.15, -0.1) is 0 Å². The third-order valence-corrected chi connectivity index (χ3v) is 3.97. The fraction of sp³-hybridized carbons (Fsp3) is 0.0500. The van der Waals surface area contributed by atoms with Crippen LogP contribution in [0.4, 0.5) is 0 Å². The van der Waals surface area contributed by atoms with Crippen LogP contribution in [0.1, 0.15) is 17.5 Å². The van der Waals surface area contributed by atoms with E-state index in [-0.39, 0.29) is 0 Å². The average Bonchev–Trinajstić information content (AvgIpc) is 2.61. The zero-order valence-electron chi connectivity index (χ0n) is 12.4. The largest absolute Gasteiger partial charge is 0.456 e. The molecule has 0 fully saturated rings. The highest BCUT2D eigenvalue weighted by Crippen LogP contribution is 2.44. The van der Waals surface area contributed by atoms with Gasteiger partial charge in [-0.2, -0.15) is 0 Å². The third kappa shape index (κ3) is 2.27. The summed E-state index contributed by atoms with van der Waals surface area (Å²) < 4.78 is 11.2. The van der Waals surface area contributed by atoms with E-state index in [0.29, 0.717) is 12.2 Å². The third-order valence-electron chi connectivity index (χ3n) is 3.97. The summed E-state index contributed by atoms with van der Waals surface area (Å²) in [5, 5.41) is 0. The van der Waals surface area contributed by atoms with Crippen molar-refractivity contribution in [2.24, 2.45) is 0 Å². The van der Waals surface area contributed by atoms with Gasteiger partial charge >= 0.3 is 0 Å². The first kappa shape index (κ1) is 13.6. The molecule has 2 aromatic rings. The number of ether oxygens (including phenoxy) is 2. The van der Waals surface area contributed by atoms with Crippen LogP contribution in [-0.4, -0.2) is 6.47 Å². The molecule has 0 atom stereocenters. The lowest BCUT2D eigenvalue weighted by atomic mass is 9.87. The summed E-state index contributed by atoms with van der Waals surface area (Å²) in [6.07, 6.45) is 7.08. The number of fused-ring (bicyclic) bond motifs is 2. The van der Waals surface area contributed by atoms with E-state index in [0.717, 1.165) is 40.2 Å². The zero-order valence-corrected chi connectivity index (χ0v) is 12.4. The number of carbonyl (C=O) groups is 1. The predicted molar refractivity (Wildman–Crippen MR) is 88.1 cm³/mol. The highest BCUT2D eigenvalue weighted by molar-refractivity contribution is 5.92. The van der Waals surface area contributed by atoms with Crippen LogP contribution in [0.3, 0.4) is 0 Å². The first-order chi connectivity index (χ1) is 11.4. The van der Waals surface area contributed by atoms with E-state index >= 15 is 0 Å². The molecule has 0 N–H and O–H groups in total. The van der Waals surface area contributed by atoms with Crippen molar-refractivity contribution in [1.82, 2.24) is 0 Å². The van der Waals surface area contributed by atoms with Gasteiger partial charge in [0.1, 0.15) is 17.3 Å². The van der Waals surface area contributed by atoms with Crippen LogP contribution >= 0.6 is 0 Å². The Morgan fingerprint density at radius 1 is 1.00 bits per heavy atom. The number of carbonyl (C=O) groups excluding carboxylic acids is 1. The maximum atomic E-state index is 10.8. The average molecular weight is 302 g/mol. The van der Waals surface area contributed by atoms with Crippen molar-refractivity contribution in [3.05, 3.63) is 89.2 Å². The molecule has 0 saturated heterocycles. The van der Waals surface area contributed by atoms with Gasteiger partial charge in [0.15, 0.2) is 0 Å². The maximum absolute atomic E-state index is 10.8. The Morgan fingerprint density at radius 3 is 2.65 bits per heavy atom. The molecule has 4 rings (SSSR count). The number of benzene rings is 2. The SMILES string of the molecule is O=COc1ccccc1C1=C2C=CCC=C2Oc2ccccc21. The lowest BCUT2D eigenvalue weighted by Crippen LogP contribution is -2.11. The van der Waals surface area contributed by atoms with Crippen molar-refractivity contribution in [2.45, 2.75) is 6.42 Å². The fourth-order valence-corrected chi connectivity index (χ4v) is 3.00. The predicted octanol–water partition coefficient (Wildman–Crippen LogP) is 4.26. The second kappa shape index (κ2) is 5.61. The highest BCUT2D eigenvalue weighted by Gasteiger charge is 2.26. The van der Waals surface area contributed by atoms with Crippen LogP contribution in [0, 0.1) is 0 Å². The first-order valence-corrected chi connectivity index (χ1v) is 7.47. The summed E-state index contributed by atoms with van der Waals surface area (Å²) in [6, 6.07) is 15.5. The van der Waals surface area contributed by atoms with E-state index in [4.69, 9.17) is 9.47 Å². The van der Waals surface area contributed by atoms with Gasteiger partial charge in [0.2, 0.25) is 0 Å². The monoisotopic (exact) mass is 302 g/mol. The Bertz CT molecular complexity index is 872. The summed E-state index contributed by atoms with van der Waals surface area (Å²) in [4.78, 5) is 10.8. The number of rotatable bonds is 3. The molecule has 0 bridgehead atoms. The molecule has 2 aliphatic rings. The Hall–Kier alpha value is -3.07. The molecule has 0 amide bonds. The lowest BCUT2D eigenvalue weighted by Gasteiger charge is -2.27. The molecular weight excluding hydrogens is 288 g/mol. The van der Waals surface area contributed by atoms with E-state index in [9.17, 15) is 4.79 Å². The summed E-state index contributed by atoms with van der Waals surface area (Å²) in [7, 11) is 0. The molecule has 0 saturated carbocycles. The second-order valence-corrected chi connectivity index (χ2v) is 5.30. The van der Waals surface area contributed by atoms with Gasteiger partial charge in [0.25, 0.3) is 6.47 Å². The normalized spacial score (nSPS) is 15.2. The molecular formula is C20H14O3. The van der Waals surface area contributed by atoms with Crippen LogP contribution in [0.15, 0.2) is 78.1 Å². The van der Waals surface area contributed by atoms with Crippen molar-refractivity contribution in [3.8, 4) is 11.5 Å². The van der Waals surface area contributed by atoms with Crippen LogP contribution in [0.25, 0.3) is 5.57 Å². The van der Waals surface area contributed by atoms with E-state index in [1.54, 1.807) is 6.07 Å². The van der Waals surface area contributed by atoms with E-state index in [1.165, 1.54) is 0 Å². The van der Waals surface area contributed by atoms with Crippen molar-refractivity contribution >= 4 is 12.0 Å². The molecule has 112 valence electrons. The lowest BCUT2D eigenvalue weighted by molar-refractivity contribution is -0.120. The van der Waals surface area contributed by atoms with Gasteiger partial charge in [-0.1, -0.05) is 48.6 Å². The molecule has 1 aliphatic carbocycles. The standard InChI is InChI=1S/C20H14O3/c21-13-22-17-10-4-1-7-14(17)20-15-8-2-5-11-18(15)23-19-12-6-3-9-16(19)20/h1-5,7-13H,6H2. The minimum absolute atomic E-state index is 0.461. The Labute approximate surface area is 134 Å². The highest BCUT2D eigenvalue weighted by atomic mass is 16.5. The first-order valence-electron chi connectivity index (χ1n) is 7.47. The van der Waals surface area contributed by atoms with Gasteiger partial charge in [-0.25, -0.2) is 0 Å². The number of para-hydroxylation sites is 2. The zero-order chi connectivity index (χ0) is 15.6. The molecule has 2 aromatic carbocycles. The van der Waals surface area contributed by atoms with Crippen molar-refractivity contribution in [2.75, 3.05) is 0 Å². The second-order valence-electron chi connectivity index (χ2n) is 5.30. The van der Waals surface area contributed by atoms with Crippen LogP contribution < -0.4 is 9.47 Å². The van der Waals surface area contributed by atoms with Crippen LogP contribution in [0.5, 0.6) is 11.5 Å². The number of hydrogen-bond acceptors (Lipinski definition) is 3. The van der Waals surface area contributed by atoms with Gasteiger partial charge in [0.05, 0.1) is 0 Å². The summed E-state index contributed by atoms with van der Waals surface area (Å²) in [6.45, 7) is 0.461. The Balaban J connectivity index is 2.02. The minimum Gasteiger partial charge on any atom is -0.456 e. The molecule has 1 aliphatic heterocycles. The van der Waals surface area contributed by atoms with Gasteiger partial charge in [0, 0.05) is 22.3 Å². The number of allylic oxidation sites excluding steroid dienone is 3. The molecule has 3 nitrogen and oxygen atoms in total. The molecule has 0 unspecified atom stereocenters. The van der Waals surface area contributed by atoms with Gasteiger partial charge < -0.3 is 9.47 Å². The fourth-order valence-electron chi connectivity index (χ4n) is 3.00. The van der Waals surface area contributed by atoms with Gasteiger partial charge in [-0.05, 0) is 24.6 Å². The Kier molecular flexibility index (Phi) is 3.31. The molecule has 1 heterocycles.